The van der Waals surface area contributed by atoms with Crippen molar-refractivity contribution in [2.45, 2.75) is 44.0 Å². The van der Waals surface area contributed by atoms with E-state index in [0.717, 1.165) is 25.7 Å². The lowest BCUT2D eigenvalue weighted by Gasteiger charge is -2.28. The van der Waals surface area contributed by atoms with E-state index in [1.165, 1.54) is 24.3 Å². The fourth-order valence-corrected chi connectivity index (χ4v) is 4.36. The highest BCUT2D eigenvalue weighted by atomic mass is 32.2. The number of carbonyl (C=O) groups is 2. The van der Waals surface area contributed by atoms with Crippen LogP contribution in [0.4, 0.5) is 10.1 Å². The number of nitrogens with one attached hydrogen (secondary N) is 1. The summed E-state index contributed by atoms with van der Waals surface area (Å²) in [6.07, 6.45) is 3.76. The van der Waals surface area contributed by atoms with E-state index in [9.17, 15) is 14.0 Å². The molecule has 0 bridgehead atoms. The highest BCUT2D eigenvalue weighted by Gasteiger charge is 2.45. The van der Waals surface area contributed by atoms with Crippen LogP contribution in [0.1, 0.15) is 32.6 Å². The summed E-state index contributed by atoms with van der Waals surface area (Å²) in [6.45, 7) is 2.09. The van der Waals surface area contributed by atoms with Crippen molar-refractivity contribution in [3.8, 4) is 0 Å². The zero-order valence-corrected chi connectivity index (χ0v) is 13.9. The third-order valence-electron chi connectivity index (χ3n) is 4.22. The molecule has 0 radical (unpaired) electrons. The van der Waals surface area contributed by atoms with Gasteiger partial charge in [0.1, 0.15) is 11.9 Å². The maximum atomic E-state index is 13.0. The monoisotopic (exact) mass is 336 g/mol. The van der Waals surface area contributed by atoms with Crippen LogP contribution >= 0.6 is 11.8 Å². The summed E-state index contributed by atoms with van der Waals surface area (Å²) in [5.74, 6) is 0.322. The topological polar surface area (TPSA) is 49.4 Å². The van der Waals surface area contributed by atoms with Crippen LogP contribution in [0, 0.1) is 11.7 Å². The molecular formula is C17H21FN2O2S. The first kappa shape index (κ1) is 16.3. The highest BCUT2D eigenvalue weighted by molar-refractivity contribution is 8.00. The van der Waals surface area contributed by atoms with Gasteiger partial charge in [-0.25, -0.2) is 4.39 Å². The van der Waals surface area contributed by atoms with E-state index in [0.29, 0.717) is 11.4 Å². The SMILES string of the molecule is CCCC1SCC(C(=O)Nc2ccc(F)cc2)N1C(=O)C1CC1. The van der Waals surface area contributed by atoms with Crippen LogP contribution in [0.25, 0.3) is 0 Å². The van der Waals surface area contributed by atoms with Gasteiger partial charge in [-0.1, -0.05) is 13.3 Å². The lowest BCUT2D eigenvalue weighted by atomic mass is 10.2. The molecule has 1 N–H and O–H groups in total. The van der Waals surface area contributed by atoms with Crippen LogP contribution in [0.15, 0.2) is 24.3 Å². The minimum Gasteiger partial charge on any atom is -0.324 e. The number of benzene rings is 1. The minimum absolute atomic E-state index is 0.0945. The zero-order chi connectivity index (χ0) is 16.4. The molecule has 3 rings (SSSR count). The van der Waals surface area contributed by atoms with E-state index >= 15 is 0 Å². The van der Waals surface area contributed by atoms with Crippen LogP contribution in [-0.2, 0) is 9.59 Å². The number of anilines is 1. The fourth-order valence-electron chi connectivity index (χ4n) is 2.83. The Balaban J connectivity index is 1.72. The summed E-state index contributed by atoms with van der Waals surface area (Å²) < 4.78 is 13.0. The second kappa shape index (κ2) is 6.91. The molecule has 0 spiro atoms. The third kappa shape index (κ3) is 3.68. The number of halogens is 1. The third-order valence-corrected chi connectivity index (χ3v) is 5.58. The highest BCUT2D eigenvalue weighted by Crippen LogP contribution is 2.39. The van der Waals surface area contributed by atoms with Gasteiger partial charge in [0, 0.05) is 17.4 Å². The Hall–Kier alpha value is -1.56. The van der Waals surface area contributed by atoms with Crippen molar-refractivity contribution in [3.05, 3.63) is 30.1 Å². The first-order valence-electron chi connectivity index (χ1n) is 8.10. The van der Waals surface area contributed by atoms with E-state index in [2.05, 4.69) is 12.2 Å². The van der Waals surface area contributed by atoms with Crippen molar-refractivity contribution in [2.24, 2.45) is 5.92 Å². The summed E-state index contributed by atoms with van der Waals surface area (Å²) in [5.41, 5.74) is 0.555. The molecule has 2 aliphatic rings. The second-order valence-corrected chi connectivity index (χ2v) is 7.32. The van der Waals surface area contributed by atoms with Gasteiger partial charge in [0.2, 0.25) is 11.8 Å². The summed E-state index contributed by atoms with van der Waals surface area (Å²) in [4.78, 5) is 27.0. The average molecular weight is 336 g/mol. The van der Waals surface area contributed by atoms with Crippen molar-refractivity contribution in [3.63, 3.8) is 0 Å². The summed E-state index contributed by atoms with van der Waals surface area (Å²) in [7, 11) is 0. The molecule has 1 aliphatic carbocycles. The van der Waals surface area contributed by atoms with Gasteiger partial charge in [-0.05, 0) is 43.5 Å². The Morgan fingerprint density at radius 3 is 2.61 bits per heavy atom. The summed E-state index contributed by atoms with van der Waals surface area (Å²) in [6, 6.07) is 5.25. The van der Waals surface area contributed by atoms with Crippen LogP contribution < -0.4 is 5.32 Å². The van der Waals surface area contributed by atoms with Gasteiger partial charge in [0.15, 0.2) is 0 Å². The van der Waals surface area contributed by atoms with Gasteiger partial charge in [0.05, 0.1) is 5.37 Å². The van der Waals surface area contributed by atoms with Crippen molar-refractivity contribution >= 4 is 29.3 Å². The van der Waals surface area contributed by atoms with Gasteiger partial charge < -0.3 is 10.2 Å². The molecule has 6 heteroatoms. The molecule has 1 saturated carbocycles. The van der Waals surface area contributed by atoms with Crippen LogP contribution in [0.3, 0.4) is 0 Å². The van der Waals surface area contributed by atoms with Gasteiger partial charge in [-0.2, -0.15) is 0 Å². The van der Waals surface area contributed by atoms with Crippen LogP contribution in [-0.4, -0.2) is 33.9 Å². The van der Waals surface area contributed by atoms with E-state index in [1.807, 2.05) is 0 Å². The van der Waals surface area contributed by atoms with Crippen molar-refractivity contribution in [1.29, 1.82) is 0 Å². The number of thioether (sulfide) groups is 1. The minimum atomic E-state index is -0.435. The number of hydrogen-bond donors (Lipinski definition) is 1. The molecule has 1 aromatic rings. The number of hydrogen-bond acceptors (Lipinski definition) is 3. The van der Waals surface area contributed by atoms with E-state index in [-0.39, 0.29) is 28.9 Å². The molecule has 4 nitrogen and oxygen atoms in total. The Bertz CT molecular complexity index is 589. The number of nitrogens with zero attached hydrogens (tertiary/aromatic N) is 1. The molecule has 2 fully saturated rings. The van der Waals surface area contributed by atoms with Gasteiger partial charge >= 0.3 is 0 Å². The Morgan fingerprint density at radius 1 is 1.30 bits per heavy atom. The molecule has 1 aliphatic heterocycles. The maximum Gasteiger partial charge on any atom is 0.248 e. The second-order valence-electron chi connectivity index (χ2n) is 6.11. The summed E-state index contributed by atoms with van der Waals surface area (Å²) in [5, 5.41) is 2.90. The summed E-state index contributed by atoms with van der Waals surface area (Å²) >= 11 is 1.68. The average Bonchev–Trinajstić information content (AvgIpc) is 3.30. The molecule has 2 unspecified atom stereocenters. The first-order valence-corrected chi connectivity index (χ1v) is 9.15. The smallest absolute Gasteiger partial charge is 0.248 e. The fraction of sp³-hybridized carbons (Fsp3) is 0.529. The van der Waals surface area contributed by atoms with Gasteiger partial charge in [-0.3, -0.25) is 9.59 Å². The molecule has 1 heterocycles. The normalized spacial score (nSPS) is 23.8. The standard InChI is InChI=1S/C17H21FN2O2S/c1-2-3-15-20(17(22)11-4-5-11)14(10-23-15)16(21)19-13-8-6-12(18)7-9-13/h6-9,11,14-15H,2-5,10H2,1H3,(H,19,21). The number of rotatable bonds is 5. The van der Waals surface area contributed by atoms with Crippen molar-refractivity contribution in [1.82, 2.24) is 4.90 Å². The first-order chi connectivity index (χ1) is 11.1. The van der Waals surface area contributed by atoms with E-state index in [1.54, 1.807) is 16.7 Å². The van der Waals surface area contributed by atoms with Crippen molar-refractivity contribution in [2.75, 3.05) is 11.1 Å². The van der Waals surface area contributed by atoms with Gasteiger partial charge in [0.25, 0.3) is 0 Å². The molecule has 2 atom stereocenters. The number of carbonyl (C=O) groups excluding carboxylic acids is 2. The Morgan fingerprint density at radius 2 is 2.00 bits per heavy atom. The van der Waals surface area contributed by atoms with E-state index < -0.39 is 6.04 Å². The van der Waals surface area contributed by atoms with Gasteiger partial charge in [-0.15, -0.1) is 11.8 Å². The molecule has 2 amide bonds. The zero-order valence-electron chi connectivity index (χ0n) is 13.1. The molecular weight excluding hydrogens is 315 g/mol. The van der Waals surface area contributed by atoms with E-state index in [4.69, 9.17) is 0 Å². The molecule has 124 valence electrons. The predicted molar refractivity (Wildman–Crippen MR) is 89.5 cm³/mol. The number of amides is 2. The Kier molecular flexibility index (Phi) is 4.90. The van der Waals surface area contributed by atoms with Crippen LogP contribution in [0.2, 0.25) is 0 Å². The largest absolute Gasteiger partial charge is 0.324 e. The van der Waals surface area contributed by atoms with Crippen LogP contribution in [0.5, 0.6) is 0 Å². The molecule has 0 aromatic heterocycles. The maximum absolute atomic E-state index is 13.0. The molecule has 1 saturated heterocycles. The lowest BCUT2D eigenvalue weighted by molar-refractivity contribution is -0.139. The molecule has 1 aromatic carbocycles. The molecule has 23 heavy (non-hydrogen) atoms. The Labute approximate surface area is 139 Å². The van der Waals surface area contributed by atoms with Crippen molar-refractivity contribution < 1.29 is 14.0 Å². The predicted octanol–water partition coefficient (Wildman–Crippen LogP) is 3.24. The quantitative estimate of drug-likeness (QED) is 0.898. The lowest BCUT2D eigenvalue weighted by Crippen LogP contribution is -2.48.